The molecule has 0 aromatic heterocycles. The van der Waals surface area contributed by atoms with E-state index in [1.165, 1.54) is 0 Å². The van der Waals surface area contributed by atoms with Gasteiger partial charge in [0.2, 0.25) is 5.78 Å². The molecule has 0 unspecified atom stereocenters. The summed E-state index contributed by atoms with van der Waals surface area (Å²) < 4.78 is 68.0. The summed E-state index contributed by atoms with van der Waals surface area (Å²) in [6.07, 6.45) is -13.0. The molecule has 13 heavy (non-hydrogen) atoms. The molecule has 0 rings (SSSR count). The van der Waals surface area contributed by atoms with Gasteiger partial charge in [0, 0.05) is 0 Å². The summed E-state index contributed by atoms with van der Waals surface area (Å²) in [7, 11) is 0. The summed E-state index contributed by atoms with van der Waals surface area (Å²) in [6, 6.07) is 0. The van der Waals surface area contributed by atoms with E-state index in [2.05, 4.69) is 0 Å². The van der Waals surface area contributed by atoms with Gasteiger partial charge in [-0.1, -0.05) is 0 Å². The molecule has 0 saturated carbocycles. The summed E-state index contributed by atoms with van der Waals surface area (Å²) in [5, 5.41) is 0. The molecule has 0 aliphatic carbocycles. The summed E-state index contributed by atoms with van der Waals surface area (Å²) in [4.78, 5) is 19.9. The third-order valence-electron chi connectivity index (χ3n) is 0.872. The topological polar surface area (TPSA) is 34.1 Å². The van der Waals surface area contributed by atoms with Crippen LogP contribution in [0, 0.1) is 0 Å². The van der Waals surface area contributed by atoms with E-state index < -0.39 is 30.3 Å². The zero-order chi connectivity index (χ0) is 10.9. The van der Waals surface area contributed by atoms with E-state index >= 15 is 0 Å². The number of alkyl halides is 6. The summed E-state index contributed by atoms with van der Waals surface area (Å²) in [5.41, 5.74) is 0. The molecule has 0 aliphatic heterocycles. The maximum Gasteiger partial charge on any atom is 0.458 e. The standard InChI is InChI=1S/C5H2F6O2/c6-4(7,8)1-2(12)3(13)5(9,10)11/h1H2. The van der Waals surface area contributed by atoms with Gasteiger partial charge in [0.25, 0.3) is 0 Å². The van der Waals surface area contributed by atoms with Crippen molar-refractivity contribution in [1.82, 2.24) is 0 Å². The predicted molar refractivity (Wildman–Crippen MR) is 26.7 cm³/mol. The molecule has 0 N–H and O–H groups in total. The molecule has 0 aromatic rings. The van der Waals surface area contributed by atoms with Crippen molar-refractivity contribution < 1.29 is 35.9 Å². The van der Waals surface area contributed by atoms with Gasteiger partial charge in [-0.05, 0) is 0 Å². The minimum Gasteiger partial charge on any atom is -0.290 e. The van der Waals surface area contributed by atoms with Crippen molar-refractivity contribution in [2.45, 2.75) is 18.8 Å². The lowest BCUT2D eigenvalue weighted by molar-refractivity contribution is -0.181. The lowest BCUT2D eigenvalue weighted by Crippen LogP contribution is -2.33. The Morgan fingerprint density at radius 3 is 1.54 bits per heavy atom. The molecule has 0 aromatic carbocycles. The van der Waals surface area contributed by atoms with Gasteiger partial charge < -0.3 is 0 Å². The molecule has 8 heteroatoms. The lowest BCUT2D eigenvalue weighted by atomic mass is 10.2. The quantitative estimate of drug-likeness (QED) is 0.510. The highest BCUT2D eigenvalue weighted by Gasteiger charge is 2.46. The number of hydrogen-bond donors (Lipinski definition) is 0. The minimum atomic E-state index is -5.54. The first kappa shape index (κ1) is 11.9. The first-order valence-corrected chi connectivity index (χ1v) is 2.75. The van der Waals surface area contributed by atoms with Crippen molar-refractivity contribution in [2.24, 2.45) is 0 Å². The monoisotopic (exact) mass is 208 g/mol. The molecule has 0 atom stereocenters. The molecule has 0 heterocycles. The zero-order valence-corrected chi connectivity index (χ0v) is 5.79. The van der Waals surface area contributed by atoms with Gasteiger partial charge in [-0.3, -0.25) is 9.59 Å². The molecule has 0 fully saturated rings. The Morgan fingerprint density at radius 2 is 1.31 bits per heavy atom. The molecule has 0 amide bonds. The van der Waals surface area contributed by atoms with Crippen LogP contribution < -0.4 is 0 Å². The average Bonchev–Trinajstić information content (AvgIpc) is 1.79. The van der Waals surface area contributed by atoms with E-state index in [4.69, 9.17) is 0 Å². The fourth-order valence-electron chi connectivity index (χ4n) is 0.420. The van der Waals surface area contributed by atoms with Crippen LogP contribution in [0.2, 0.25) is 0 Å². The highest BCUT2D eigenvalue weighted by atomic mass is 19.4. The summed E-state index contributed by atoms with van der Waals surface area (Å²) in [6.45, 7) is 0. The number of carbonyl (C=O) groups excluding carboxylic acids is 2. The van der Waals surface area contributed by atoms with Crippen LogP contribution >= 0.6 is 0 Å². The van der Waals surface area contributed by atoms with Crippen LogP contribution in [0.3, 0.4) is 0 Å². The Hall–Kier alpha value is -1.08. The van der Waals surface area contributed by atoms with Gasteiger partial charge in [-0.25, -0.2) is 0 Å². The Labute approximate surface area is 67.5 Å². The fourth-order valence-corrected chi connectivity index (χ4v) is 0.420. The van der Waals surface area contributed by atoms with E-state index in [0.717, 1.165) is 0 Å². The number of carbonyl (C=O) groups is 2. The Bertz CT molecular complexity index is 224. The van der Waals surface area contributed by atoms with Crippen molar-refractivity contribution in [3.05, 3.63) is 0 Å². The van der Waals surface area contributed by atoms with Crippen LogP contribution in [-0.4, -0.2) is 23.9 Å². The predicted octanol–water partition coefficient (Wildman–Crippen LogP) is 1.64. The van der Waals surface area contributed by atoms with E-state index in [0.29, 0.717) is 0 Å². The largest absolute Gasteiger partial charge is 0.458 e. The second kappa shape index (κ2) is 3.35. The number of ketones is 2. The van der Waals surface area contributed by atoms with Crippen LogP contribution in [0.5, 0.6) is 0 Å². The molecule has 0 aliphatic rings. The third-order valence-corrected chi connectivity index (χ3v) is 0.872. The number of halogens is 6. The van der Waals surface area contributed by atoms with E-state index in [1.807, 2.05) is 0 Å². The van der Waals surface area contributed by atoms with Crippen LogP contribution in [0.1, 0.15) is 6.42 Å². The second-order valence-electron chi connectivity index (χ2n) is 2.04. The zero-order valence-electron chi connectivity index (χ0n) is 5.79. The molecule has 2 nitrogen and oxygen atoms in total. The van der Waals surface area contributed by atoms with Crippen molar-refractivity contribution in [1.29, 1.82) is 0 Å². The Balaban J connectivity index is 4.40. The number of rotatable bonds is 2. The van der Waals surface area contributed by atoms with Crippen LogP contribution in [0.15, 0.2) is 0 Å². The molecule has 0 bridgehead atoms. The third kappa shape index (κ3) is 4.48. The lowest BCUT2D eigenvalue weighted by Gasteiger charge is -2.05. The molecular formula is C5H2F6O2. The first-order valence-electron chi connectivity index (χ1n) is 2.75. The van der Waals surface area contributed by atoms with Crippen molar-refractivity contribution in [3.63, 3.8) is 0 Å². The van der Waals surface area contributed by atoms with E-state index in [-0.39, 0.29) is 0 Å². The van der Waals surface area contributed by atoms with Gasteiger partial charge in [-0.2, -0.15) is 26.3 Å². The first-order chi connectivity index (χ1) is 5.54. The van der Waals surface area contributed by atoms with Crippen LogP contribution in [-0.2, 0) is 9.59 Å². The van der Waals surface area contributed by atoms with Crippen molar-refractivity contribution in [3.8, 4) is 0 Å². The molecule has 0 radical (unpaired) electrons. The van der Waals surface area contributed by atoms with Gasteiger partial charge in [-0.15, -0.1) is 0 Å². The molecule has 0 spiro atoms. The van der Waals surface area contributed by atoms with E-state index in [9.17, 15) is 35.9 Å². The average molecular weight is 208 g/mol. The maximum absolute atomic E-state index is 11.3. The highest BCUT2D eigenvalue weighted by Crippen LogP contribution is 2.23. The summed E-state index contributed by atoms with van der Waals surface area (Å²) in [5.74, 6) is -5.48. The van der Waals surface area contributed by atoms with Crippen LogP contribution in [0.4, 0.5) is 26.3 Å². The molecular weight excluding hydrogens is 206 g/mol. The van der Waals surface area contributed by atoms with Crippen LogP contribution in [0.25, 0.3) is 0 Å². The number of Topliss-reactive ketones (excluding diaryl/α,β-unsaturated/α-hetero) is 2. The second-order valence-corrected chi connectivity index (χ2v) is 2.04. The fraction of sp³-hybridized carbons (Fsp3) is 0.600. The SMILES string of the molecule is O=C(CC(F)(F)F)C(=O)C(F)(F)F. The van der Waals surface area contributed by atoms with Gasteiger partial charge in [0.1, 0.15) is 6.42 Å². The maximum atomic E-state index is 11.3. The highest BCUT2D eigenvalue weighted by molar-refractivity contribution is 6.39. The van der Waals surface area contributed by atoms with Gasteiger partial charge in [0.05, 0.1) is 0 Å². The molecule has 0 saturated heterocycles. The Kier molecular flexibility index (Phi) is 3.07. The van der Waals surface area contributed by atoms with Gasteiger partial charge >= 0.3 is 18.1 Å². The van der Waals surface area contributed by atoms with Crippen molar-refractivity contribution >= 4 is 11.6 Å². The number of hydrogen-bond acceptors (Lipinski definition) is 2. The van der Waals surface area contributed by atoms with Crippen molar-refractivity contribution in [2.75, 3.05) is 0 Å². The van der Waals surface area contributed by atoms with Gasteiger partial charge in [0.15, 0.2) is 0 Å². The van der Waals surface area contributed by atoms with E-state index in [1.54, 1.807) is 0 Å². The smallest absolute Gasteiger partial charge is 0.290 e. The Morgan fingerprint density at radius 1 is 0.923 bits per heavy atom. The normalized spacial score (nSPS) is 12.8. The minimum absolute atomic E-state index is 2.38. The summed E-state index contributed by atoms with van der Waals surface area (Å²) >= 11 is 0. The molecule has 76 valence electrons.